The van der Waals surface area contributed by atoms with Crippen molar-refractivity contribution in [2.75, 3.05) is 11.8 Å². The Bertz CT molecular complexity index is 1040. The molecule has 0 bridgehead atoms. The van der Waals surface area contributed by atoms with Gasteiger partial charge in [0.15, 0.2) is 0 Å². The molecule has 1 heterocycles. The van der Waals surface area contributed by atoms with Crippen LogP contribution in [-0.2, 0) is 26.2 Å². The van der Waals surface area contributed by atoms with E-state index in [2.05, 4.69) is 4.72 Å². The van der Waals surface area contributed by atoms with Crippen molar-refractivity contribution in [3.8, 4) is 5.75 Å². The van der Waals surface area contributed by atoms with E-state index in [4.69, 9.17) is 4.74 Å². The fraction of sp³-hybridized carbons (Fsp3) is 0.364. The first kappa shape index (κ1) is 20.4. The summed E-state index contributed by atoms with van der Waals surface area (Å²) in [5.41, 5.74) is 0.989. The molecule has 2 aromatic rings. The number of amides is 2. The number of carbonyl (C=O) groups is 2. The van der Waals surface area contributed by atoms with E-state index in [9.17, 15) is 18.0 Å². The molecule has 8 heteroatoms. The van der Waals surface area contributed by atoms with Gasteiger partial charge in [-0.05, 0) is 42.7 Å². The summed E-state index contributed by atoms with van der Waals surface area (Å²) in [6, 6.07) is 13.3. The molecule has 4 rings (SSSR count). The molecule has 2 aromatic carbocycles. The van der Waals surface area contributed by atoms with Crippen molar-refractivity contribution in [3.63, 3.8) is 0 Å². The molecular weight excluding hydrogens is 404 g/mol. The van der Waals surface area contributed by atoms with Crippen LogP contribution in [0.5, 0.6) is 5.75 Å². The minimum absolute atomic E-state index is 0.0390. The highest BCUT2D eigenvalue weighted by molar-refractivity contribution is 7.92. The van der Waals surface area contributed by atoms with E-state index in [1.54, 1.807) is 42.5 Å². The average molecular weight is 429 g/mol. The molecule has 0 radical (unpaired) electrons. The standard InChI is InChI=1S/C22H24N2O5S/c1-29-19-12-11-15(13-20(19)30(27,28)23-16-7-3-2-4-8-16)14-24-21(25)17-9-5-6-10-18(17)22(24)26/h2-4,7-8,11-13,17-18,23H,5-6,9-10,14H2,1H3/t17-,18-/m0/s1. The van der Waals surface area contributed by atoms with Crippen LogP contribution in [0.4, 0.5) is 5.69 Å². The predicted octanol–water partition coefficient (Wildman–Crippen LogP) is 3.17. The van der Waals surface area contributed by atoms with Crippen LogP contribution < -0.4 is 9.46 Å². The number of hydrogen-bond acceptors (Lipinski definition) is 5. The Kier molecular flexibility index (Phi) is 5.51. The molecular formula is C22H24N2O5S. The molecule has 0 spiro atoms. The summed E-state index contributed by atoms with van der Waals surface area (Å²) in [5, 5.41) is 0. The average Bonchev–Trinajstić information content (AvgIpc) is 2.99. The van der Waals surface area contributed by atoms with Gasteiger partial charge in [-0.3, -0.25) is 19.2 Å². The molecule has 0 unspecified atom stereocenters. The molecule has 158 valence electrons. The van der Waals surface area contributed by atoms with Gasteiger partial charge in [0.05, 0.1) is 25.5 Å². The van der Waals surface area contributed by atoms with Gasteiger partial charge in [-0.1, -0.05) is 37.1 Å². The minimum Gasteiger partial charge on any atom is -0.495 e. The Morgan fingerprint density at radius 2 is 1.63 bits per heavy atom. The van der Waals surface area contributed by atoms with Crippen molar-refractivity contribution >= 4 is 27.5 Å². The number of methoxy groups -OCH3 is 1. The van der Waals surface area contributed by atoms with Gasteiger partial charge in [0.25, 0.3) is 10.0 Å². The normalized spacial score (nSPS) is 21.4. The summed E-state index contributed by atoms with van der Waals surface area (Å²) in [6.45, 7) is 0.0581. The molecule has 2 amide bonds. The highest BCUT2D eigenvalue weighted by Crippen LogP contribution is 2.39. The molecule has 2 atom stereocenters. The van der Waals surface area contributed by atoms with Gasteiger partial charge in [-0.25, -0.2) is 8.42 Å². The van der Waals surface area contributed by atoms with Crippen LogP contribution in [0.1, 0.15) is 31.2 Å². The SMILES string of the molecule is COc1ccc(CN2C(=O)[C@H]3CCCC[C@@H]3C2=O)cc1S(=O)(=O)Nc1ccccc1. The summed E-state index contributed by atoms with van der Waals surface area (Å²) in [4.78, 5) is 26.7. The van der Waals surface area contributed by atoms with Crippen LogP contribution in [0.15, 0.2) is 53.4 Å². The summed E-state index contributed by atoms with van der Waals surface area (Å²) < 4.78 is 33.7. The summed E-state index contributed by atoms with van der Waals surface area (Å²) >= 11 is 0. The molecule has 1 aliphatic carbocycles. The Balaban J connectivity index is 1.61. The van der Waals surface area contributed by atoms with Gasteiger partial charge >= 0.3 is 0 Å². The van der Waals surface area contributed by atoms with Crippen LogP contribution in [-0.4, -0.2) is 32.2 Å². The van der Waals surface area contributed by atoms with Gasteiger partial charge < -0.3 is 4.74 Å². The number of likely N-dealkylation sites (tertiary alicyclic amines) is 1. The second kappa shape index (κ2) is 8.10. The maximum atomic E-state index is 13.0. The summed E-state index contributed by atoms with van der Waals surface area (Å²) in [7, 11) is -2.53. The first-order chi connectivity index (χ1) is 14.4. The van der Waals surface area contributed by atoms with Crippen molar-refractivity contribution in [1.82, 2.24) is 4.90 Å². The van der Waals surface area contributed by atoms with Crippen LogP contribution in [0.2, 0.25) is 0 Å². The molecule has 1 aliphatic heterocycles. The van der Waals surface area contributed by atoms with Gasteiger partial charge in [-0.2, -0.15) is 0 Å². The molecule has 30 heavy (non-hydrogen) atoms. The highest BCUT2D eigenvalue weighted by Gasteiger charge is 2.47. The molecule has 1 saturated heterocycles. The van der Waals surface area contributed by atoms with Gasteiger partial charge in [0.2, 0.25) is 11.8 Å². The summed E-state index contributed by atoms with van der Waals surface area (Å²) in [5.74, 6) is -0.561. The molecule has 2 aliphatic rings. The zero-order valence-electron chi connectivity index (χ0n) is 16.7. The zero-order chi connectivity index (χ0) is 21.3. The van der Waals surface area contributed by atoms with E-state index in [0.29, 0.717) is 11.3 Å². The number of rotatable bonds is 6. The number of fused-ring (bicyclic) bond motifs is 1. The van der Waals surface area contributed by atoms with Gasteiger partial charge in [0.1, 0.15) is 10.6 Å². The maximum absolute atomic E-state index is 13.0. The number of sulfonamides is 1. The topological polar surface area (TPSA) is 92.8 Å². The Morgan fingerprint density at radius 3 is 2.23 bits per heavy atom. The largest absolute Gasteiger partial charge is 0.495 e. The van der Waals surface area contributed by atoms with Crippen LogP contribution >= 0.6 is 0 Å². The first-order valence-corrected chi connectivity index (χ1v) is 11.5. The zero-order valence-corrected chi connectivity index (χ0v) is 17.5. The lowest BCUT2D eigenvalue weighted by Gasteiger charge is -2.19. The second-order valence-corrected chi connectivity index (χ2v) is 9.37. The minimum atomic E-state index is -3.92. The monoisotopic (exact) mass is 428 g/mol. The van der Waals surface area contributed by atoms with Crippen LogP contribution in [0, 0.1) is 11.8 Å². The number of nitrogens with one attached hydrogen (secondary N) is 1. The summed E-state index contributed by atoms with van der Waals surface area (Å²) in [6.07, 6.45) is 3.41. The van der Waals surface area contributed by atoms with Gasteiger partial charge in [0, 0.05) is 5.69 Å². The van der Waals surface area contributed by atoms with E-state index in [1.165, 1.54) is 18.1 Å². The lowest BCUT2D eigenvalue weighted by molar-refractivity contribution is -0.140. The van der Waals surface area contributed by atoms with Gasteiger partial charge in [-0.15, -0.1) is 0 Å². The smallest absolute Gasteiger partial charge is 0.265 e. The molecule has 2 fully saturated rings. The van der Waals surface area contributed by atoms with Crippen LogP contribution in [0.3, 0.4) is 0 Å². The molecule has 0 aromatic heterocycles. The molecule has 7 nitrogen and oxygen atoms in total. The third kappa shape index (κ3) is 3.79. The lowest BCUT2D eigenvalue weighted by atomic mass is 9.81. The number of carbonyl (C=O) groups excluding carboxylic acids is 2. The molecule has 1 saturated carbocycles. The maximum Gasteiger partial charge on any atom is 0.265 e. The number of benzene rings is 2. The number of para-hydroxylation sites is 1. The molecule has 1 N–H and O–H groups in total. The Hall–Kier alpha value is -2.87. The highest BCUT2D eigenvalue weighted by atomic mass is 32.2. The first-order valence-electron chi connectivity index (χ1n) is 10.0. The van der Waals surface area contributed by atoms with E-state index in [0.717, 1.165) is 25.7 Å². The predicted molar refractivity (Wildman–Crippen MR) is 111 cm³/mol. The number of anilines is 1. The number of imide groups is 1. The van der Waals surface area contributed by atoms with Crippen molar-refractivity contribution in [2.24, 2.45) is 11.8 Å². The number of nitrogens with zero attached hydrogens (tertiary/aromatic N) is 1. The Labute approximate surface area is 176 Å². The van der Waals surface area contributed by atoms with Crippen molar-refractivity contribution in [1.29, 1.82) is 0 Å². The van der Waals surface area contributed by atoms with E-state index < -0.39 is 10.0 Å². The van der Waals surface area contributed by atoms with Crippen molar-refractivity contribution in [3.05, 3.63) is 54.1 Å². The van der Waals surface area contributed by atoms with E-state index in [1.807, 2.05) is 0 Å². The second-order valence-electron chi connectivity index (χ2n) is 7.72. The fourth-order valence-corrected chi connectivity index (χ4v) is 5.59. The third-order valence-electron chi connectivity index (χ3n) is 5.82. The quantitative estimate of drug-likeness (QED) is 0.714. The van der Waals surface area contributed by atoms with E-state index >= 15 is 0 Å². The third-order valence-corrected chi connectivity index (χ3v) is 7.22. The fourth-order valence-electron chi connectivity index (χ4n) is 4.32. The van der Waals surface area contributed by atoms with Crippen molar-refractivity contribution < 1.29 is 22.7 Å². The van der Waals surface area contributed by atoms with Crippen molar-refractivity contribution in [2.45, 2.75) is 37.1 Å². The number of hydrogen-bond donors (Lipinski definition) is 1. The van der Waals surface area contributed by atoms with E-state index in [-0.39, 0.29) is 40.8 Å². The number of ether oxygens (including phenoxy) is 1. The Morgan fingerprint density at radius 1 is 1.00 bits per heavy atom. The lowest BCUT2D eigenvalue weighted by Crippen LogP contribution is -2.30. The van der Waals surface area contributed by atoms with Crippen LogP contribution in [0.25, 0.3) is 0 Å².